The maximum atomic E-state index is 13.5. The van der Waals surface area contributed by atoms with Crippen molar-refractivity contribution in [1.82, 2.24) is 10.6 Å². The topological polar surface area (TPSA) is 134 Å². The Balaban J connectivity index is 1.32. The number of carbonyl (C=O) groups excluding carboxylic acids is 3. The molecule has 0 saturated heterocycles. The Hall–Kier alpha value is -4.73. The Labute approximate surface area is 237 Å². The van der Waals surface area contributed by atoms with E-state index in [1.165, 1.54) is 4.90 Å². The average Bonchev–Trinajstić information content (AvgIpc) is 3.11. The Kier molecular flexibility index (Phi) is 8.57. The molecule has 1 heterocycles. The highest BCUT2D eigenvalue weighted by Gasteiger charge is 2.29. The Morgan fingerprint density at radius 3 is 2.41 bits per heavy atom. The second kappa shape index (κ2) is 12.6. The summed E-state index contributed by atoms with van der Waals surface area (Å²) >= 11 is 0. The van der Waals surface area contributed by atoms with Crippen molar-refractivity contribution in [3.63, 3.8) is 0 Å². The SMILES string of the molecule is NC[C@@H](O)CNC(=O)C(Cc1ccc2ccccc2c1)NC(=O)CCN1C(=O)c2ccccc2Oc2ccccc21. The number of benzene rings is 4. The van der Waals surface area contributed by atoms with E-state index in [0.29, 0.717) is 22.7 Å². The summed E-state index contributed by atoms with van der Waals surface area (Å²) in [5.41, 5.74) is 7.30. The number of rotatable bonds is 10. The molecule has 1 aliphatic rings. The van der Waals surface area contributed by atoms with E-state index in [4.69, 9.17) is 10.5 Å². The lowest BCUT2D eigenvalue weighted by atomic mass is 10.0. The summed E-state index contributed by atoms with van der Waals surface area (Å²) in [5, 5.41) is 17.4. The van der Waals surface area contributed by atoms with Crippen molar-refractivity contribution in [3.05, 3.63) is 102 Å². The summed E-state index contributed by atoms with van der Waals surface area (Å²) < 4.78 is 6.01. The highest BCUT2D eigenvalue weighted by molar-refractivity contribution is 6.10. The number of carbonyl (C=O) groups is 3. The fourth-order valence-corrected chi connectivity index (χ4v) is 4.81. The van der Waals surface area contributed by atoms with Crippen LogP contribution in [0, 0.1) is 0 Å². The van der Waals surface area contributed by atoms with Gasteiger partial charge in [0.05, 0.1) is 17.4 Å². The van der Waals surface area contributed by atoms with Crippen LogP contribution >= 0.6 is 0 Å². The molecule has 0 bridgehead atoms. The van der Waals surface area contributed by atoms with Gasteiger partial charge in [-0.2, -0.15) is 0 Å². The van der Waals surface area contributed by atoms with Gasteiger partial charge in [0, 0.05) is 32.5 Å². The van der Waals surface area contributed by atoms with Crippen molar-refractivity contribution in [1.29, 1.82) is 0 Å². The highest BCUT2D eigenvalue weighted by Crippen LogP contribution is 2.38. The van der Waals surface area contributed by atoms with Crippen LogP contribution in [0.25, 0.3) is 10.8 Å². The van der Waals surface area contributed by atoms with E-state index in [9.17, 15) is 19.5 Å². The molecule has 5 rings (SSSR count). The molecule has 9 heteroatoms. The largest absolute Gasteiger partial charge is 0.454 e. The molecule has 0 fully saturated rings. The molecular formula is C32H32N4O5. The average molecular weight is 553 g/mol. The van der Waals surface area contributed by atoms with Gasteiger partial charge < -0.3 is 31.1 Å². The number of hydrogen-bond acceptors (Lipinski definition) is 6. The second-order valence-corrected chi connectivity index (χ2v) is 9.91. The Morgan fingerprint density at radius 2 is 1.61 bits per heavy atom. The number of fused-ring (bicyclic) bond motifs is 3. The molecule has 0 spiro atoms. The van der Waals surface area contributed by atoms with Crippen LogP contribution in [0.4, 0.5) is 5.69 Å². The van der Waals surface area contributed by atoms with Gasteiger partial charge in [0.15, 0.2) is 5.75 Å². The van der Waals surface area contributed by atoms with Crippen molar-refractivity contribution in [2.75, 3.05) is 24.5 Å². The first-order valence-electron chi connectivity index (χ1n) is 13.5. The lowest BCUT2D eigenvalue weighted by Gasteiger charge is -2.23. The molecule has 41 heavy (non-hydrogen) atoms. The summed E-state index contributed by atoms with van der Waals surface area (Å²) in [6.07, 6.45) is -0.696. The van der Waals surface area contributed by atoms with E-state index in [0.717, 1.165) is 16.3 Å². The number of nitrogens with two attached hydrogens (primary N) is 1. The minimum Gasteiger partial charge on any atom is -0.454 e. The van der Waals surface area contributed by atoms with Gasteiger partial charge in [-0.1, -0.05) is 66.7 Å². The number of amides is 3. The number of aliphatic hydroxyl groups is 1. The van der Waals surface area contributed by atoms with Gasteiger partial charge in [-0.05, 0) is 40.6 Å². The van der Waals surface area contributed by atoms with Gasteiger partial charge in [-0.25, -0.2) is 0 Å². The molecule has 9 nitrogen and oxygen atoms in total. The first-order valence-corrected chi connectivity index (χ1v) is 13.5. The third-order valence-corrected chi connectivity index (χ3v) is 6.99. The van der Waals surface area contributed by atoms with E-state index in [1.807, 2.05) is 48.5 Å². The van der Waals surface area contributed by atoms with Crippen molar-refractivity contribution in [2.24, 2.45) is 5.73 Å². The standard InChI is InChI=1S/C32H32N4O5/c33-19-24(37)20-34-31(39)26(18-21-13-14-22-7-1-2-8-23(22)17-21)35-30(38)15-16-36-27-10-4-6-12-29(27)41-28-11-5-3-9-25(28)32(36)40/h1-14,17,24,26,37H,15-16,18-20,33H2,(H,34,39)(H,35,38)/t24-,26?/m1/s1. The molecule has 4 aromatic carbocycles. The molecule has 0 radical (unpaired) electrons. The zero-order valence-electron chi connectivity index (χ0n) is 22.5. The predicted octanol–water partition coefficient (Wildman–Crippen LogP) is 3.15. The van der Waals surface area contributed by atoms with Crippen molar-refractivity contribution < 1.29 is 24.2 Å². The normalized spacial score (nSPS) is 13.8. The van der Waals surface area contributed by atoms with Gasteiger partial charge in [-0.3, -0.25) is 14.4 Å². The van der Waals surface area contributed by atoms with Crippen LogP contribution in [0.1, 0.15) is 22.3 Å². The number of aliphatic hydroxyl groups excluding tert-OH is 1. The summed E-state index contributed by atoms with van der Waals surface area (Å²) in [5.74, 6) is -0.145. The molecule has 1 unspecified atom stereocenters. The highest BCUT2D eigenvalue weighted by atomic mass is 16.5. The van der Waals surface area contributed by atoms with Gasteiger partial charge in [0.1, 0.15) is 11.8 Å². The molecule has 0 aliphatic carbocycles. The van der Waals surface area contributed by atoms with E-state index >= 15 is 0 Å². The van der Waals surface area contributed by atoms with Crippen molar-refractivity contribution in [3.8, 4) is 11.5 Å². The Bertz CT molecular complexity index is 1570. The lowest BCUT2D eigenvalue weighted by Crippen LogP contribution is -2.50. The van der Waals surface area contributed by atoms with Crippen molar-refractivity contribution in [2.45, 2.75) is 25.0 Å². The first kappa shape index (κ1) is 27.8. The number of para-hydroxylation sites is 3. The predicted molar refractivity (Wildman–Crippen MR) is 157 cm³/mol. The monoisotopic (exact) mass is 552 g/mol. The molecule has 0 aromatic heterocycles. The quantitative estimate of drug-likeness (QED) is 0.239. The number of nitrogens with one attached hydrogen (secondary N) is 2. The molecule has 2 atom stereocenters. The van der Waals surface area contributed by atoms with Crippen LogP contribution in [0.3, 0.4) is 0 Å². The molecule has 3 amide bonds. The molecule has 0 saturated carbocycles. The minimum absolute atomic E-state index is 0.000159. The van der Waals surface area contributed by atoms with Crippen LogP contribution in [0.5, 0.6) is 11.5 Å². The summed E-state index contributed by atoms with van der Waals surface area (Å²) in [6.45, 7) is 0.0492. The van der Waals surface area contributed by atoms with E-state index in [2.05, 4.69) is 10.6 Å². The van der Waals surface area contributed by atoms with Crippen LogP contribution < -0.4 is 26.0 Å². The molecule has 210 valence electrons. The molecular weight excluding hydrogens is 520 g/mol. The maximum Gasteiger partial charge on any atom is 0.262 e. The van der Waals surface area contributed by atoms with Crippen LogP contribution in [-0.2, 0) is 16.0 Å². The smallest absolute Gasteiger partial charge is 0.262 e. The van der Waals surface area contributed by atoms with Crippen LogP contribution in [0.2, 0.25) is 0 Å². The maximum absolute atomic E-state index is 13.5. The second-order valence-electron chi connectivity index (χ2n) is 9.91. The van der Waals surface area contributed by atoms with Crippen LogP contribution in [0.15, 0.2) is 91.0 Å². The minimum atomic E-state index is -0.898. The van der Waals surface area contributed by atoms with E-state index < -0.39 is 24.0 Å². The fraction of sp³-hybridized carbons (Fsp3) is 0.219. The fourth-order valence-electron chi connectivity index (χ4n) is 4.81. The molecule has 5 N–H and O–H groups in total. The zero-order valence-corrected chi connectivity index (χ0v) is 22.5. The molecule has 4 aromatic rings. The number of hydrogen-bond donors (Lipinski definition) is 4. The number of anilines is 1. The van der Waals surface area contributed by atoms with Crippen LogP contribution in [-0.4, -0.2) is 54.6 Å². The molecule has 1 aliphatic heterocycles. The summed E-state index contributed by atoms with van der Waals surface area (Å²) in [7, 11) is 0. The van der Waals surface area contributed by atoms with Gasteiger partial charge in [0.2, 0.25) is 11.8 Å². The van der Waals surface area contributed by atoms with E-state index in [-0.39, 0.29) is 38.4 Å². The number of ether oxygens (including phenoxy) is 1. The summed E-state index contributed by atoms with van der Waals surface area (Å²) in [6, 6.07) is 27.0. The van der Waals surface area contributed by atoms with Gasteiger partial charge >= 0.3 is 0 Å². The number of nitrogens with zero attached hydrogens (tertiary/aromatic N) is 1. The first-order chi connectivity index (χ1) is 19.9. The third kappa shape index (κ3) is 6.54. The summed E-state index contributed by atoms with van der Waals surface area (Å²) in [4.78, 5) is 41.3. The van der Waals surface area contributed by atoms with Gasteiger partial charge in [0.25, 0.3) is 5.91 Å². The van der Waals surface area contributed by atoms with E-state index in [1.54, 1.807) is 42.5 Å². The zero-order chi connectivity index (χ0) is 28.8. The third-order valence-electron chi connectivity index (χ3n) is 6.99. The van der Waals surface area contributed by atoms with Gasteiger partial charge in [-0.15, -0.1) is 0 Å². The lowest BCUT2D eigenvalue weighted by molar-refractivity contribution is -0.129. The van der Waals surface area contributed by atoms with Crippen molar-refractivity contribution >= 4 is 34.2 Å². The Morgan fingerprint density at radius 1 is 0.902 bits per heavy atom.